The van der Waals surface area contributed by atoms with Gasteiger partial charge in [-0.1, -0.05) is 0 Å². The Balaban J connectivity index is 2.15. The van der Waals surface area contributed by atoms with E-state index in [9.17, 15) is 0 Å². The quantitative estimate of drug-likeness (QED) is 0.717. The largest absolute Gasteiger partial charge is 0.486 e. The number of hydrogen-bond acceptors (Lipinski definition) is 4. The van der Waals surface area contributed by atoms with E-state index in [4.69, 9.17) is 15.2 Å². The van der Waals surface area contributed by atoms with Crippen LogP contribution in [0.15, 0.2) is 18.3 Å². The molecule has 3 N–H and O–H groups in total. The SMILES string of the molecule is NCC1COc2ccc3[nH]ncc3c2O1. The zero-order valence-corrected chi connectivity index (χ0v) is 8.06. The molecule has 1 aromatic carbocycles. The third-order valence-electron chi connectivity index (χ3n) is 2.51. The highest BCUT2D eigenvalue weighted by molar-refractivity contribution is 5.87. The van der Waals surface area contributed by atoms with Crippen LogP contribution < -0.4 is 15.2 Å². The lowest BCUT2D eigenvalue weighted by Crippen LogP contribution is -2.35. The molecule has 1 unspecified atom stereocenters. The van der Waals surface area contributed by atoms with E-state index in [0.717, 1.165) is 22.4 Å². The van der Waals surface area contributed by atoms with Gasteiger partial charge in [0.2, 0.25) is 0 Å². The molecule has 5 nitrogen and oxygen atoms in total. The molecule has 1 atom stereocenters. The summed E-state index contributed by atoms with van der Waals surface area (Å²) in [5, 5.41) is 7.79. The number of ether oxygens (including phenoxy) is 2. The smallest absolute Gasteiger partial charge is 0.172 e. The molecule has 0 fully saturated rings. The average Bonchev–Trinajstić information content (AvgIpc) is 2.76. The second-order valence-electron chi connectivity index (χ2n) is 3.51. The van der Waals surface area contributed by atoms with Crippen molar-refractivity contribution < 1.29 is 9.47 Å². The van der Waals surface area contributed by atoms with Crippen molar-refractivity contribution in [3.63, 3.8) is 0 Å². The van der Waals surface area contributed by atoms with Gasteiger partial charge in [0.05, 0.1) is 17.1 Å². The predicted molar refractivity (Wildman–Crippen MR) is 55.1 cm³/mol. The molecule has 78 valence electrons. The van der Waals surface area contributed by atoms with Gasteiger partial charge >= 0.3 is 0 Å². The van der Waals surface area contributed by atoms with Gasteiger partial charge in [-0.05, 0) is 12.1 Å². The van der Waals surface area contributed by atoms with Crippen LogP contribution >= 0.6 is 0 Å². The van der Waals surface area contributed by atoms with Crippen LogP contribution in [-0.2, 0) is 0 Å². The number of rotatable bonds is 1. The van der Waals surface area contributed by atoms with Crippen molar-refractivity contribution in [1.82, 2.24) is 10.2 Å². The molecule has 1 aliphatic rings. The Morgan fingerprint density at radius 2 is 2.47 bits per heavy atom. The number of aromatic nitrogens is 2. The highest BCUT2D eigenvalue weighted by atomic mass is 16.6. The van der Waals surface area contributed by atoms with Crippen molar-refractivity contribution in [2.24, 2.45) is 5.73 Å². The zero-order chi connectivity index (χ0) is 10.3. The number of hydrogen-bond donors (Lipinski definition) is 2. The normalized spacial score (nSPS) is 19.4. The molecule has 0 saturated heterocycles. The third kappa shape index (κ3) is 1.24. The fraction of sp³-hybridized carbons (Fsp3) is 0.300. The molecule has 2 aromatic rings. The maximum Gasteiger partial charge on any atom is 0.172 e. The summed E-state index contributed by atoms with van der Waals surface area (Å²) in [6.07, 6.45) is 1.66. The molecular formula is C10H11N3O2. The van der Waals surface area contributed by atoms with E-state index in [0.29, 0.717) is 13.2 Å². The van der Waals surface area contributed by atoms with Crippen molar-refractivity contribution in [3.05, 3.63) is 18.3 Å². The van der Waals surface area contributed by atoms with E-state index < -0.39 is 0 Å². The fourth-order valence-electron chi connectivity index (χ4n) is 1.71. The standard InChI is InChI=1S/C10H11N3O2/c11-3-6-5-14-9-2-1-8-7(4-12-13-8)10(9)15-6/h1-2,4,6H,3,5,11H2,(H,12,13). The Kier molecular flexibility index (Phi) is 1.78. The Morgan fingerprint density at radius 3 is 3.33 bits per heavy atom. The molecule has 5 heteroatoms. The molecule has 1 aromatic heterocycles. The molecule has 0 spiro atoms. The van der Waals surface area contributed by atoms with Gasteiger partial charge in [-0.25, -0.2) is 0 Å². The lowest BCUT2D eigenvalue weighted by atomic mass is 10.2. The highest BCUT2D eigenvalue weighted by Gasteiger charge is 2.22. The van der Waals surface area contributed by atoms with Crippen LogP contribution in [-0.4, -0.2) is 29.5 Å². The van der Waals surface area contributed by atoms with Crippen molar-refractivity contribution in [2.45, 2.75) is 6.10 Å². The van der Waals surface area contributed by atoms with Crippen molar-refractivity contribution in [2.75, 3.05) is 13.2 Å². The van der Waals surface area contributed by atoms with Gasteiger partial charge < -0.3 is 15.2 Å². The van der Waals surface area contributed by atoms with E-state index in [1.54, 1.807) is 6.20 Å². The van der Waals surface area contributed by atoms with E-state index >= 15 is 0 Å². The van der Waals surface area contributed by atoms with Crippen LogP contribution in [0.25, 0.3) is 10.9 Å². The van der Waals surface area contributed by atoms with Crippen molar-refractivity contribution in [3.8, 4) is 11.5 Å². The molecule has 2 heterocycles. The minimum atomic E-state index is -0.0713. The van der Waals surface area contributed by atoms with Gasteiger partial charge in [0.15, 0.2) is 11.5 Å². The summed E-state index contributed by atoms with van der Waals surface area (Å²) >= 11 is 0. The van der Waals surface area contributed by atoms with Crippen LogP contribution in [0.4, 0.5) is 0 Å². The predicted octanol–water partition coefficient (Wildman–Crippen LogP) is 0.661. The van der Waals surface area contributed by atoms with Crippen LogP contribution in [0.5, 0.6) is 11.5 Å². The lowest BCUT2D eigenvalue weighted by Gasteiger charge is -2.25. The summed E-state index contributed by atoms with van der Waals surface area (Å²) in [5.74, 6) is 1.50. The molecule has 0 amide bonds. The summed E-state index contributed by atoms with van der Waals surface area (Å²) in [4.78, 5) is 0. The van der Waals surface area contributed by atoms with Crippen molar-refractivity contribution in [1.29, 1.82) is 0 Å². The average molecular weight is 205 g/mol. The third-order valence-corrected chi connectivity index (χ3v) is 2.51. The monoisotopic (exact) mass is 205 g/mol. The van der Waals surface area contributed by atoms with Crippen LogP contribution in [0.3, 0.4) is 0 Å². The molecule has 1 aliphatic heterocycles. The van der Waals surface area contributed by atoms with Crippen LogP contribution in [0.2, 0.25) is 0 Å². The topological polar surface area (TPSA) is 73.2 Å². The molecule has 0 saturated carbocycles. The number of nitrogens with two attached hydrogens (primary N) is 1. The second kappa shape index (κ2) is 3.13. The lowest BCUT2D eigenvalue weighted by molar-refractivity contribution is 0.0990. The Bertz CT molecular complexity index is 494. The molecule has 0 radical (unpaired) electrons. The first kappa shape index (κ1) is 8.55. The number of nitrogens with zero attached hydrogens (tertiary/aromatic N) is 1. The first-order valence-corrected chi connectivity index (χ1v) is 4.84. The summed E-state index contributed by atoms with van der Waals surface area (Å²) in [5.41, 5.74) is 6.49. The number of nitrogens with one attached hydrogen (secondary N) is 1. The van der Waals surface area contributed by atoms with E-state index in [2.05, 4.69) is 10.2 Å². The zero-order valence-electron chi connectivity index (χ0n) is 8.06. The number of fused-ring (bicyclic) bond motifs is 3. The Hall–Kier alpha value is -1.75. The Morgan fingerprint density at radius 1 is 1.53 bits per heavy atom. The van der Waals surface area contributed by atoms with Gasteiger partial charge in [0.1, 0.15) is 12.7 Å². The summed E-state index contributed by atoms with van der Waals surface area (Å²) in [6.45, 7) is 0.959. The first-order valence-electron chi connectivity index (χ1n) is 4.84. The van der Waals surface area contributed by atoms with E-state index in [1.165, 1.54) is 0 Å². The minimum absolute atomic E-state index is 0.0713. The van der Waals surface area contributed by atoms with Crippen LogP contribution in [0, 0.1) is 0 Å². The Labute approximate surface area is 86.2 Å². The first-order chi connectivity index (χ1) is 7.38. The summed E-state index contributed by atoms with van der Waals surface area (Å²) in [6, 6.07) is 3.80. The second-order valence-corrected chi connectivity index (χ2v) is 3.51. The van der Waals surface area contributed by atoms with Gasteiger partial charge in [0.25, 0.3) is 0 Å². The number of H-pyrrole nitrogens is 1. The van der Waals surface area contributed by atoms with Crippen molar-refractivity contribution >= 4 is 10.9 Å². The molecule has 0 aliphatic carbocycles. The van der Waals surface area contributed by atoms with E-state index in [-0.39, 0.29) is 6.10 Å². The highest BCUT2D eigenvalue weighted by Crippen LogP contribution is 2.37. The molecule has 3 rings (SSSR count). The number of benzene rings is 1. The van der Waals surface area contributed by atoms with Gasteiger partial charge in [0, 0.05) is 6.54 Å². The van der Waals surface area contributed by atoms with Gasteiger partial charge in [-0.2, -0.15) is 5.10 Å². The maximum absolute atomic E-state index is 5.74. The molecule has 15 heavy (non-hydrogen) atoms. The van der Waals surface area contributed by atoms with E-state index in [1.807, 2.05) is 12.1 Å². The summed E-state index contributed by atoms with van der Waals surface area (Å²) in [7, 11) is 0. The molecule has 0 bridgehead atoms. The van der Waals surface area contributed by atoms with Gasteiger partial charge in [-0.15, -0.1) is 0 Å². The fourth-order valence-corrected chi connectivity index (χ4v) is 1.71. The summed E-state index contributed by atoms with van der Waals surface area (Å²) < 4.78 is 11.3. The van der Waals surface area contributed by atoms with Crippen LogP contribution in [0.1, 0.15) is 0 Å². The minimum Gasteiger partial charge on any atom is -0.486 e. The maximum atomic E-state index is 5.74. The number of aromatic amines is 1. The molecular weight excluding hydrogens is 194 g/mol. The van der Waals surface area contributed by atoms with Gasteiger partial charge in [-0.3, -0.25) is 5.10 Å².